The average Bonchev–Trinajstić information content (AvgIpc) is 3.35. The van der Waals surface area contributed by atoms with Crippen LogP contribution in [0.3, 0.4) is 0 Å². The fourth-order valence-electron chi connectivity index (χ4n) is 5.09. The third-order valence-corrected chi connectivity index (χ3v) is 8.63. The van der Waals surface area contributed by atoms with Crippen molar-refractivity contribution >= 4 is 21.4 Å². The summed E-state index contributed by atoms with van der Waals surface area (Å²) < 4.78 is 33.9. The number of hydrogen-bond acceptors (Lipinski definition) is 4. The normalized spacial score (nSPS) is 21.1. The summed E-state index contributed by atoms with van der Waals surface area (Å²) in [6, 6.07) is 23.1. The van der Waals surface area contributed by atoms with Crippen LogP contribution in [0.1, 0.15) is 36.4 Å². The highest BCUT2D eigenvalue weighted by Gasteiger charge is 2.38. The molecule has 0 spiro atoms. The lowest BCUT2D eigenvalue weighted by Crippen LogP contribution is -2.32. The Morgan fingerprint density at radius 2 is 1.79 bits per heavy atom. The van der Waals surface area contributed by atoms with Gasteiger partial charge in [-0.3, -0.25) is 4.31 Å². The van der Waals surface area contributed by atoms with E-state index >= 15 is 0 Å². The number of para-hydroxylation sites is 1. The van der Waals surface area contributed by atoms with Crippen LogP contribution in [-0.4, -0.2) is 22.1 Å². The zero-order chi connectivity index (χ0) is 23.0. The summed E-state index contributed by atoms with van der Waals surface area (Å²) in [7, 11) is -2.00. The Hall–Kier alpha value is -3.25. The Labute approximate surface area is 195 Å². The lowest BCUT2D eigenvalue weighted by molar-refractivity contribution is 0.411. The van der Waals surface area contributed by atoms with Crippen molar-refractivity contribution in [2.45, 2.75) is 30.2 Å². The number of nitrogens with zero attached hydrogens (tertiary/aromatic N) is 1. The third kappa shape index (κ3) is 3.78. The smallest absolute Gasteiger partial charge is 0.264 e. The molecular formula is C27H28N2O3S. The van der Waals surface area contributed by atoms with Gasteiger partial charge in [0.1, 0.15) is 5.75 Å². The van der Waals surface area contributed by atoms with Crippen molar-refractivity contribution in [3.8, 4) is 5.75 Å². The molecule has 1 aliphatic carbocycles. The van der Waals surface area contributed by atoms with E-state index in [1.165, 1.54) is 9.87 Å². The van der Waals surface area contributed by atoms with Crippen LogP contribution in [-0.2, 0) is 10.0 Å². The number of anilines is 2. The number of benzene rings is 3. The Bertz CT molecular complexity index is 1270. The van der Waals surface area contributed by atoms with Crippen molar-refractivity contribution < 1.29 is 13.2 Å². The van der Waals surface area contributed by atoms with Gasteiger partial charge in [-0.15, -0.1) is 0 Å². The van der Waals surface area contributed by atoms with Crippen LogP contribution in [0.15, 0.2) is 89.8 Å². The molecule has 3 unspecified atom stereocenters. The van der Waals surface area contributed by atoms with E-state index in [0.717, 1.165) is 23.4 Å². The summed E-state index contributed by atoms with van der Waals surface area (Å²) in [5.41, 5.74) is 3.92. The molecule has 0 bridgehead atoms. The van der Waals surface area contributed by atoms with Gasteiger partial charge in [-0.25, -0.2) is 8.42 Å². The minimum atomic E-state index is -3.67. The van der Waals surface area contributed by atoms with Gasteiger partial charge in [0.05, 0.1) is 23.7 Å². The number of fused-ring (bicyclic) bond motifs is 3. The monoisotopic (exact) mass is 460 g/mol. The first kappa shape index (κ1) is 21.6. The summed E-state index contributed by atoms with van der Waals surface area (Å²) in [6.45, 7) is 2.23. The Kier molecular flexibility index (Phi) is 5.62. The lowest BCUT2D eigenvalue weighted by atomic mass is 9.77. The van der Waals surface area contributed by atoms with Gasteiger partial charge in [-0.1, -0.05) is 42.5 Å². The van der Waals surface area contributed by atoms with Crippen molar-refractivity contribution in [3.63, 3.8) is 0 Å². The standard InChI is InChI=1S/C27H28N2O3S/c1-3-29(20-8-5-4-6-9-20)33(30,31)22-16-17-26-25(18-22)23-10-7-11-24(23)27(28-26)19-12-14-21(32-2)15-13-19/h4-10,12-18,23-24,27-28H,3,11H2,1-2H3. The van der Waals surface area contributed by atoms with Crippen LogP contribution in [0.4, 0.5) is 11.4 Å². The zero-order valence-corrected chi connectivity index (χ0v) is 19.6. The molecule has 5 rings (SSSR count). The molecule has 0 saturated carbocycles. The van der Waals surface area contributed by atoms with Crippen molar-refractivity contribution in [1.82, 2.24) is 0 Å². The molecule has 5 nitrogen and oxygen atoms in total. The second kappa shape index (κ2) is 8.60. The number of ether oxygens (including phenoxy) is 1. The van der Waals surface area contributed by atoms with E-state index in [4.69, 9.17) is 4.74 Å². The summed E-state index contributed by atoms with van der Waals surface area (Å²) in [4.78, 5) is 0.329. The third-order valence-electron chi connectivity index (χ3n) is 6.73. The van der Waals surface area contributed by atoms with Crippen LogP contribution in [0.5, 0.6) is 5.75 Å². The fourth-order valence-corrected chi connectivity index (χ4v) is 6.60. The molecule has 1 aliphatic heterocycles. The van der Waals surface area contributed by atoms with Crippen LogP contribution in [0.2, 0.25) is 0 Å². The van der Waals surface area contributed by atoms with Gasteiger partial charge in [0.15, 0.2) is 0 Å². The average molecular weight is 461 g/mol. The lowest BCUT2D eigenvalue weighted by Gasteiger charge is -2.38. The molecule has 1 N–H and O–H groups in total. The summed E-state index contributed by atoms with van der Waals surface area (Å²) in [6.07, 6.45) is 5.40. The van der Waals surface area contributed by atoms with E-state index in [0.29, 0.717) is 23.0 Å². The Morgan fingerprint density at radius 3 is 2.48 bits per heavy atom. The van der Waals surface area contributed by atoms with E-state index in [-0.39, 0.29) is 12.0 Å². The van der Waals surface area contributed by atoms with Gasteiger partial charge in [-0.05, 0) is 72.9 Å². The largest absolute Gasteiger partial charge is 0.497 e. The number of allylic oxidation sites excluding steroid dienone is 2. The second-order valence-corrected chi connectivity index (χ2v) is 10.4. The highest BCUT2D eigenvalue weighted by atomic mass is 32.2. The summed E-state index contributed by atoms with van der Waals surface area (Å²) in [5, 5.41) is 3.69. The number of rotatable bonds is 6. The first-order valence-corrected chi connectivity index (χ1v) is 12.8. The molecular weight excluding hydrogens is 432 g/mol. The second-order valence-electron chi connectivity index (χ2n) is 8.50. The Balaban J connectivity index is 1.51. The molecule has 3 aromatic carbocycles. The number of nitrogens with one attached hydrogen (secondary N) is 1. The van der Waals surface area contributed by atoms with Crippen LogP contribution in [0, 0.1) is 5.92 Å². The molecule has 0 radical (unpaired) electrons. The molecule has 0 amide bonds. The van der Waals surface area contributed by atoms with Crippen LogP contribution >= 0.6 is 0 Å². The topological polar surface area (TPSA) is 58.6 Å². The molecule has 1 heterocycles. The van der Waals surface area contributed by atoms with Crippen molar-refractivity contribution in [3.05, 3.63) is 96.1 Å². The summed E-state index contributed by atoms with van der Waals surface area (Å²) >= 11 is 0. The number of methoxy groups -OCH3 is 1. The van der Waals surface area contributed by atoms with Crippen molar-refractivity contribution in [1.29, 1.82) is 0 Å². The molecule has 0 aromatic heterocycles. The van der Waals surface area contributed by atoms with Gasteiger partial charge in [0, 0.05) is 18.2 Å². The number of sulfonamides is 1. The van der Waals surface area contributed by atoms with Crippen molar-refractivity contribution in [2.24, 2.45) is 5.92 Å². The van der Waals surface area contributed by atoms with Gasteiger partial charge in [-0.2, -0.15) is 0 Å². The molecule has 3 aromatic rings. The van der Waals surface area contributed by atoms with E-state index in [1.54, 1.807) is 13.2 Å². The van der Waals surface area contributed by atoms with E-state index in [9.17, 15) is 8.42 Å². The van der Waals surface area contributed by atoms with Gasteiger partial charge < -0.3 is 10.1 Å². The molecule has 2 aliphatic rings. The SMILES string of the molecule is CCN(c1ccccc1)S(=O)(=O)c1ccc2c(c1)C1C=CCC1C(c1ccc(OC)cc1)N2. The zero-order valence-electron chi connectivity index (χ0n) is 18.8. The first-order chi connectivity index (χ1) is 16.0. The fraction of sp³-hybridized carbons (Fsp3) is 0.259. The highest BCUT2D eigenvalue weighted by molar-refractivity contribution is 7.92. The van der Waals surface area contributed by atoms with E-state index in [1.807, 2.05) is 61.5 Å². The maximum Gasteiger partial charge on any atom is 0.264 e. The molecule has 0 saturated heterocycles. The molecule has 170 valence electrons. The van der Waals surface area contributed by atoms with Crippen LogP contribution in [0.25, 0.3) is 0 Å². The Morgan fingerprint density at radius 1 is 1.03 bits per heavy atom. The predicted molar refractivity (Wildman–Crippen MR) is 132 cm³/mol. The molecule has 6 heteroatoms. The molecule has 33 heavy (non-hydrogen) atoms. The van der Waals surface area contributed by atoms with Crippen LogP contribution < -0.4 is 14.4 Å². The maximum atomic E-state index is 13.6. The highest BCUT2D eigenvalue weighted by Crippen LogP contribution is 2.50. The quantitative estimate of drug-likeness (QED) is 0.477. The van der Waals surface area contributed by atoms with Gasteiger partial charge >= 0.3 is 0 Å². The minimum Gasteiger partial charge on any atom is -0.497 e. The molecule has 0 fully saturated rings. The van der Waals surface area contributed by atoms with Crippen molar-refractivity contribution in [2.75, 3.05) is 23.3 Å². The minimum absolute atomic E-state index is 0.155. The first-order valence-electron chi connectivity index (χ1n) is 11.3. The van der Waals surface area contributed by atoms with E-state index < -0.39 is 10.0 Å². The number of hydrogen-bond donors (Lipinski definition) is 1. The predicted octanol–water partition coefficient (Wildman–Crippen LogP) is 5.74. The van der Waals surface area contributed by atoms with E-state index in [2.05, 4.69) is 29.6 Å². The van der Waals surface area contributed by atoms with Gasteiger partial charge in [0.2, 0.25) is 0 Å². The van der Waals surface area contributed by atoms with Gasteiger partial charge in [0.25, 0.3) is 10.0 Å². The summed E-state index contributed by atoms with van der Waals surface area (Å²) in [5.74, 6) is 1.35. The maximum absolute atomic E-state index is 13.6. The molecule has 3 atom stereocenters.